The van der Waals surface area contributed by atoms with Crippen molar-refractivity contribution in [3.8, 4) is 11.5 Å². The van der Waals surface area contributed by atoms with Gasteiger partial charge in [0.05, 0.1) is 6.54 Å². The van der Waals surface area contributed by atoms with Crippen LogP contribution in [0.2, 0.25) is 0 Å². The van der Waals surface area contributed by atoms with Gasteiger partial charge in [0.1, 0.15) is 0 Å². The number of nitrogens with zero attached hydrogens (tertiary/aromatic N) is 1. The summed E-state index contributed by atoms with van der Waals surface area (Å²) in [5, 5.41) is 2.70. The Kier molecular flexibility index (Phi) is 4.48. The van der Waals surface area contributed by atoms with Gasteiger partial charge in [0.25, 0.3) is 5.91 Å². The predicted octanol–water partition coefficient (Wildman–Crippen LogP) is 2.16. The molecular formula is C20H20N2O4. The lowest BCUT2D eigenvalue weighted by Gasteiger charge is -2.17. The van der Waals surface area contributed by atoms with Crippen molar-refractivity contribution in [1.29, 1.82) is 0 Å². The molecule has 0 aromatic heterocycles. The third-order valence-electron chi connectivity index (χ3n) is 4.85. The average molecular weight is 352 g/mol. The third kappa shape index (κ3) is 3.35. The van der Waals surface area contributed by atoms with E-state index in [1.54, 1.807) is 29.2 Å². The minimum Gasteiger partial charge on any atom is -0.454 e. The Morgan fingerprint density at radius 3 is 2.73 bits per heavy atom. The van der Waals surface area contributed by atoms with Crippen LogP contribution in [0.1, 0.15) is 28.3 Å². The summed E-state index contributed by atoms with van der Waals surface area (Å²) in [4.78, 5) is 26.3. The highest BCUT2D eigenvalue weighted by Gasteiger charge is 2.28. The van der Waals surface area contributed by atoms with Crippen molar-refractivity contribution in [1.82, 2.24) is 10.2 Å². The summed E-state index contributed by atoms with van der Waals surface area (Å²) in [6.07, 6.45) is 0.901. The number of likely N-dealkylation sites (tertiary alicyclic amines) is 1. The number of amides is 2. The van der Waals surface area contributed by atoms with E-state index in [1.165, 1.54) is 0 Å². The minimum absolute atomic E-state index is 0.0155. The molecule has 2 aromatic rings. The fourth-order valence-corrected chi connectivity index (χ4v) is 3.39. The Morgan fingerprint density at radius 2 is 1.88 bits per heavy atom. The molecule has 0 spiro atoms. The number of carbonyl (C=O) groups is 2. The molecule has 1 atom stereocenters. The number of nitrogens with one attached hydrogen (secondary N) is 1. The zero-order valence-electron chi connectivity index (χ0n) is 14.3. The van der Waals surface area contributed by atoms with Crippen molar-refractivity contribution in [2.24, 2.45) is 0 Å². The van der Waals surface area contributed by atoms with Crippen molar-refractivity contribution in [2.75, 3.05) is 26.4 Å². The summed E-state index contributed by atoms with van der Waals surface area (Å²) in [7, 11) is 0. The number of carbonyl (C=O) groups excluding carboxylic acids is 2. The highest BCUT2D eigenvalue weighted by molar-refractivity contribution is 5.96. The van der Waals surface area contributed by atoms with Crippen LogP contribution in [0.15, 0.2) is 48.5 Å². The molecule has 1 saturated heterocycles. The van der Waals surface area contributed by atoms with Crippen molar-refractivity contribution in [3.05, 3.63) is 59.7 Å². The Morgan fingerprint density at radius 1 is 1.08 bits per heavy atom. The van der Waals surface area contributed by atoms with Crippen LogP contribution in [0.4, 0.5) is 0 Å². The van der Waals surface area contributed by atoms with Gasteiger partial charge in [0, 0.05) is 24.6 Å². The largest absolute Gasteiger partial charge is 0.454 e. The molecule has 0 saturated carbocycles. The maximum atomic E-state index is 12.4. The summed E-state index contributed by atoms with van der Waals surface area (Å²) in [5.41, 5.74) is 1.71. The van der Waals surface area contributed by atoms with Crippen molar-refractivity contribution in [2.45, 2.75) is 12.3 Å². The molecule has 1 unspecified atom stereocenters. The molecule has 2 aliphatic rings. The van der Waals surface area contributed by atoms with Crippen LogP contribution >= 0.6 is 0 Å². The highest BCUT2D eigenvalue weighted by atomic mass is 16.7. The Hall–Kier alpha value is -3.02. The Balaban J connectivity index is 1.32. The van der Waals surface area contributed by atoms with E-state index in [1.807, 2.05) is 24.3 Å². The number of benzene rings is 2. The Bertz CT molecular complexity index is 822. The number of hydrogen-bond acceptors (Lipinski definition) is 4. The molecule has 26 heavy (non-hydrogen) atoms. The standard InChI is InChI=1S/C20H20N2O4/c23-19(11-21-20(24)14-4-2-1-3-5-14)22-9-8-16(12-22)15-6-7-17-18(10-15)26-13-25-17/h1-7,10,16H,8-9,11-13H2,(H,21,24). The van der Waals surface area contributed by atoms with E-state index in [-0.39, 0.29) is 31.1 Å². The van der Waals surface area contributed by atoms with Gasteiger partial charge < -0.3 is 19.7 Å². The van der Waals surface area contributed by atoms with Gasteiger partial charge in [-0.1, -0.05) is 24.3 Å². The zero-order chi connectivity index (χ0) is 17.9. The first-order chi connectivity index (χ1) is 12.7. The minimum atomic E-state index is -0.231. The number of ether oxygens (including phenoxy) is 2. The van der Waals surface area contributed by atoms with Gasteiger partial charge in [-0.15, -0.1) is 0 Å². The lowest BCUT2D eigenvalue weighted by Crippen LogP contribution is -2.39. The lowest BCUT2D eigenvalue weighted by atomic mass is 9.98. The van der Waals surface area contributed by atoms with E-state index in [4.69, 9.17) is 9.47 Å². The summed E-state index contributed by atoms with van der Waals surface area (Å²) >= 11 is 0. The van der Waals surface area contributed by atoms with Crippen molar-refractivity contribution >= 4 is 11.8 Å². The maximum absolute atomic E-state index is 12.4. The number of fused-ring (bicyclic) bond motifs is 1. The van der Waals surface area contributed by atoms with Gasteiger partial charge in [-0.05, 0) is 36.2 Å². The topological polar surface area (TPSA) is 67.9 Å². The van der Waals surface area contributed by atoms with Crippen molar-refractivity contribution < 1.29 is 19.1 Å². The monoisotopic (exact) mass is 352 g/mol. The first-order valence-corrected chi connectivity index (χ1v) is 8.71. The zero-order valence-corrected chi connectivity index (χ0v) is 14.3. The van der Waals surface area contributed by atoms with Crippen LogP contribution in [0.3, 0.4) is 0 Å². The van der Waals surface area contributed by atoms with Gasteiger partial charge >= 0.3 is 0 Å². The quantitative estimate of drug-likeness (QED) is 0.916. The summed E-state index contributed by atoms with van der Waals surface area (Å²) in [6.45, 7) is 1.62. The second-order valence-corrected chi connectivity index (χ2v) is 6.49. The van der Waals surface area contributed by atoms with Gasteiger partial charge in [0.2, 0.25) is 12.7 Å². The molecular weight excluding hydrogens is 332 g/mol. The molecule has 2 heterocycles. The molecule has 6 nitrogen and oxygen atoms in total. The summed E-state index contributed by atoms with van der Waals surface area (Å²) in [5.74, 6) is 1.52. The van der Waals surface area contributed by atoms with E-state index < -0.39 is 0 Å². The van der Waals surface area contributed by atoms with E-state index >= 15 is 0 Å². The van der Waals surface area contributed by atoms with Gasteiger partial charge in [-0.3, -0.25) is 9.59 Å². The van der Waals surface area contributed by atoms with E-state index in [2.05, 4.69) is 5.32 Å². The van der Waals surface area contributed by atoms with Crippen molar-refractivity contribution in [3.63, 3.8) is 0 Å². The molecule has 134 valence electrons. The van der Waals surface area contributed by atoms with Gasteiger partial charge in [-0.2, -0.15) is 0 Å². The molecule has 6 heteroatoms. The molecule has 2 aromatic carbocycles. The average Bonchev–Trinajstić information content (AvgIpc) is 3.35. The second-order valence-electron chi connectivity index (χ2n) is 6.49. The third-order valence-corrected chi connectivity index (χ3v) is 4.85. The molecule has 1 N–H and O–H groups in total. The molecule has 2 aliphatic heterocycles. The molecule has 0 radical (unpaired) electrons. The van der Waals surface area contributed by atoms with E-state index in [0.717, 1.165) is 23.5 Å². The first-order valence-electron chi connectivity index (χ1n) is 8.71. The second kappa shape index (κ2) is 7.07. The molecule has 2 amide bonds. The number of rotatable bonds is 4. The smallest absolute Gasteiger partial charge is 0.251 e. The predicted molar refractivity (Wildman–Crippen MR) is 95.3 cm³/mol. The first kappa shape index (κ1) is 16.4. The highest BCUT2D eigenvalue weighted by Crippen LogP contribution is 2.37. The van der Waals surface area contributed by atoms with Crippen LogP contribution in [-0.2, 0) is 4.79 Å². The summed E-state index contributed by atoms with van der Waals surface area (Å²) < 4.78 is 10.8. The van der Waals surface area contributed by atoms with Crippen LogP contribution < -0.4 is 14.8 Å². The summed E-state index contributed by atoms with van der Waals surface area (Å²) in [6, 6.07) is 14.9. The Labute approximate surface area is 151 Å². The van der Waals surface area contributed by atoms with E-state index in [0.29, 0.717) is 18.7 Å². The normalized spacial score (nSPS) is 18.0. The fraction of sp³-hybridized carbons (Fsp3) is 0.300. The lowest BCUT2D eigenvalue weighted by molar-refractivity contribution is -0.129. The van der Waals surface area contributed by atoms with E-state index in [9.17, 15) is 9.59 Å². The van der Waals surface area contributed by atoms with Crippen LogP contribution in [0.5, 0.6) is 11.5 Å². The maximum Gasteiger partial charge on any atom is 0.251 e. The molecule has 0 bridgehead atoms. The van der Waals surface area contributed by atoms with Gasteiger partial charge in [0.15, 0.2) is 11.5 Å². The molecule has 0 aliphatic carbocycles. The fourth-order valence-electron chi connectivity index (χ4n) is 3.39. The molecule has 1 fully saturated rings. The number of hydrogen-bond donors (Lipinski definition) is 1. The van der Waals surface area contributed by atoms with Crippen LogP contribution in [0, 0.1) is 0 Å². The van der Waals surface area contributed by atoms with Crippen LogP contribution in [-0.4, -0.2) is 43.1 Å². The SMILES string of the molecule is O=C(NCC(=O)N1CCC(c2ccc3c(c2)OCO3)C1)c1ccccc1. The van der Waals surface area contributed by atoms with Crippen LogP contribution in [0.25, 0.3) is 0 Å². The van der Waals surface area contributed by atoms with Gasteiger partial charge in [-0.25, -0.2) is 0 Å². The molecule has 4 rings (SSSR count).